The van der Waals surface area contributed by atoms with E-state index in [1.54, 1.807) is 4.90 Å². The van der Waals surface area contributed by atoms with Crippen molar-refractivity contribution in [3.05, 3.63) is 41.1 Å². The van der Waals surface area contributed by atoms with Gasteiger partial charge in [0.05, 0.1) is 0 Å². The molecular weight excluding hydrogens is 328 g/mol. The summed E-state index contributed by atoms with van der Waals surface area (Å²) in [5.41, 5.74) is 1.95. The molecule has 1 aromatic carbocycles. The van der Waals surface area contributed by atoms with Crippen LogP contribution in [0.1, 0.15) is 30.8 Å². The van der Waals surface area contributed by atoms with Gasteiger partial charge in [0.1, 0.15) is 6.04 Å². The Labute approximate surface area is 146 Å². The molecule has 1 aliphatic heterocycles. The zero-order valence-corrected chi connectivity index (χ0v) is 14.8. The van der Waals surface area contributed by atoms with Crippen LogP contribution in [-0.2, 0) is 11.2 Å². The SMILES string of the molecule is CCC(=O)N1c2ccc(Cl)cc2CC(CN(C)C)C1c1nnco1. The molecule has 1 amide bonds. The van der Waals surface area contributed by atoms with Crippen LogP contribution in [0.4, 0.5) is 5.69 Å². The van der Waals surface area contributed by atoms with Gasteiger partial charge in [-0.25, -0.2) is 0 Å². The molecule has 0 aliphatic carbocycles. The van der Waals surface area contributed by atoms with Crippen molar-refractivity contribution in [1.82, 2.24) is 15.1 Å². The smallest absolute Gasteiger partial charge is 0.239 e. The summed E-state index contributed by atoms with van der Waals surface area (Å²) in [6, 6.07) is 5.39. The zero-order chi connectivity index (χ0) is 17.3. The van der Waals surface area contributed by atoms with Crippen molar-refractivity contribution in [2.75, 3.05) is 25.5 Å². The van der Waals surface area contributed by atoms with Crippen LogP contribution in [0.5, 0.6) is 0 Å². The minimum absolute atomic E-state index is 0.0326. The van der Waals surface area contributed by atoms with Crippen LogP contribution in [0.3, 0.4) is 0 Å². The lowest BCUT2D eigenvalue weighted by atomic mass is 9.84. The molecular formula is C17H21ClN4O2. The molecule has 0 saturated heterocycles. The molecule has 7 heteroatoms. The summed E-state index contributed by atoms with van der Waals surface area (Å²) in [5, 5.41) is 8.59. The van der Waals surface area contributed by atoms with Crippen molar-refractivity contribution >= 4 is 23.2 Å². The third-order valence-corrected chi connectivity index (χ3v) is 4.54. The summed E-state index contributed by atoms with van der Waals surface area (Å²) in [5.74, 6) is 0.649. The summed E-state index contributed by atoms with van der Waals surface area (Å²) in [6.07, 6.45) is 2.52. The number of carbonyl (C=O) groups excluding carboxylic acids is 1. The normalized spacial score (nSPS) is 20.3. The van der Waals surface area contributed by atoms with Gasteiger partial charge in [-0.3, -0.25) is 9.69 Å². The molecule has 24 heavy (non-hydrogen) atoms. The molecule has 2 aromatic rings. The van der Waals surface area contributed by atoms with Gasteiger partial charge in [0.15, 0.2) is 0 Å². The molecule has 0 radical (unpaired) electrons. The number of hydrogen-bond donors (Lipinski definition) is 0. The fraction of sp³-hybridized carbons (Fsp3) is 0.471. The predicted octanol–water partition coefficient (Wildman–Crippen LogP) is 2.94. The van der Waals surface area contributed by atoms with Gasteiger partial charge >= 0.3 is 0 Å². The topological polar surface area (TPSA) is 62.5 Å². The highest BCUT2D eigenvalue weighted by atomic mass is 35.5. The number of amides is 1. The van der Waals surface area contributed by atoms with Crippen molar-refractivity contribution in [2.24, 2.45) is 5.92 Å². The monoisotopic (exact) mass is 348 g/mol. The second kappa shape index (κ2) is 6.91. The van der Waals surface area contributed by atoms with Gasteiger partial charge in [-0.05, 0) is 44.3 Å². The number of hydrogen-bond acceptors (Lipinski definition) is 5. The first-order chi connectivity index (χ1) is 11.5. The summed E-state index contributed by atoms with van der Waals surface area (Å²) in [7, 11) is 4.04. The highest BCUT2D eigenvalue weighted by Gasteiger charge is 2.41. The molecule has 0 fully saturated rings. The van der Waals surface area contributed by atoms with E-state index in [0.29, 0.717) is 17.3 Å². The Morgan fingerprint density at radius 3 is 2.88 bits per heavy atom. The lowest BCUT2D eigenvalue weighted by molar-refractivity contribution is -0.119. The minimum atomic E-state index is -0.268. The molecule has 2 atom stereocenters. The van der Waals surface area contributed by atoms with Crippen LogP contribution in [-0.4, -0.2) is 41.6 Å². The number of halogens is 1. The van der Waals surface area contributed by atoms with Crippen LogP contribution in [0.15, 0.2) is 29.0 Å². The number of aromatic nitrogens is 2. The zero-order valence-electron chi connectivity index (χ0n) is 14.1. The average Bonchev–Trinajstić information content (AvgIpc) is 3.06. The third kappa shape index (κ3) is 3.16. The fourth-order valence-electron chi connectivity index (χ4n) is 3.42. The van der Waals surface area contributed by atoms with Gasteiger partial charge in [-0.15, -0.1) is 10.2 Å². The van der Waals surface area contributed by atoms with E-state index in [0.717, 1.165) is 24.2 Å². The number of fused-ring (bicyclic) bond motifs is 1. The van der Waals surface area contributed by atoms with Gasteiger partial charge in [0.25, 0.3) is 0 Å². The Morgan fingerprint density at radius 2 is 2.25 bits per heavy atom. The standard InChI is InChI=1S/C17H21ClN4O2/c1-4-15(23)22-14-6-5-13(18)8-11(14)7-12(9-21(2)3)16(22)17-20-19-10-24-17/h5-6,8,10,12,16H,4,7,9H2,1-3H3. The number of anilines is 1. The van der Waals surface area contributed by atoms with Crippen molar-refractivity contribution < 1.29 is 9.21 Å². The quantitative estimate of drug-likeness (QED) is 0.850. The van der Waals surface area contributed by atoms with E-state index in [1.165, 1.54) is 6.39 Å². The van der Waals surface area contributed by atoms with Crippen LogP contribution in [0.2, 0.25) is 5.02 Å². The van der Waals surface area contributed by atoms with Gasteiger partial charge in [0.2, 0.25) is 18.2 Å². The molecule has 0 N–H and O–H groups in total. The summed E-state index contributed by atoms with van der Waals surface area (Å²) >= 11 is 6.17. The van der Waals surface area contributed by atoms with Gasteiger partial charge in [-0.1, -0.05) is 18.5 Å². The third-order valence-electron chi connectivity index (χ3n) is 4.31. The predicted molar refractivity (Wildman–Crippen MR) is 92.0 cm³/mol. The first-order valence-electron chi connectivity index (χ1n) is 8.02. The second-order valence-corrected chi connectivity index (χ2v) is 6.78. The van der Waals surface area contributed by atoms with E-state index in [9.17, 15) is 4.79 Å². The van der Waals surface area contributed by atoms with Crippen LogP contribution < -0.4 is 4.90 Å². The van der Waals surface area contributed by atoms with Crippen molar-refractivity contribution in [2.45, 2.75) is 25.8 Å². The Hall–Kier alpha value is -1.92. The van der Waals surface area contributed by atoms with E-state index in [4.69, 9.17) is 16.0 Å². The molecule has 0 saturated carbocycles. The largest absolute Gasteiger partial charge is 0.426 e. The molecule has 0 spiro atoms. The second-order valence-electron chi connectivity index (χ2n) is 6.34. The van der Waals surface area contributed by atoms with Crippen molar-refractivity contribution in [3.8, 4) is 0 Å². The van der Waals surface area contributed by atoms with Gasteiger partial charge < -0.3 is 9.32 Å². The number of carbonyl (C=O) groups is 1. The van der Waals surface area contributed by atoms with E-state index in [2.05, 4.69) is 15.1 Å². The van der Waals surface area contributed by atoms with E-state index in [-0.39, 0.29) is 17.9 Å². The number of benzene rings is 1. The Balaban J connectivity index is 2.13. The van der Waals surface area contributed by atoms with Crippen LogP contribution in [0, 0.1) is 5.92 Å². The highest BCUT2D eigenvalue weighted by Crippen LogP contribution is 2.42. The van der Waals surface area contributed by atoms with E-state index in [1.807, 2.05) is 39.2 Å². The molecule has 0 bridgehead atoms. The first-order valence-corrected chi connectivity index (χ1v) is 8.40. The lowest BCUT2D eigenvalue weighted by Gasteiger charge is -2.41. The van der Waals surface area contributed by atoms with Crippen LogP contribution in [0.25, 0.3) is 0 Å². The number of nitrogens with zero attached hydrogens (tertiary/aromatic N) is 4. The Kier molecular flexibility index (Phi) is 4.87. The molecule has 128 valence electrons. The maximum absolute atomic E-state index is 12.7. The van der Waals surface area contributed by atoms with Crippen LogP contribution >= 0.6 is 11.6 Å². The van der Waals surface area contributed by atoms with Crippen molar-refractivity contribution in [1.29, 1.82) is 0 Å². The minimum Gasteiger partial charge on any atom is -0.426 e. The maximum atomic E-state index is 12.7. The molecule has 6 nitrogen and oxygen atoms in total. The molecule has 3 rings (SSSR count). The average molecular weight is 349 g/mol. The maximum Gasteiger partial charge on any atom is 0.239 e. The van der Waals surface area contributed by atoms with E-state index >= 15 is 0 Å². The van der Waals surface area contributed by atoms with Gasteiger partial charge in [0, 0.05) is 29.6 Å². The molecule has 2 heterocycles. The van der Waals surface area contributed by atoms with Crippen molar-refractivity contribution in [3.63, 3.8) is 0 Å². The Morgan fingerprint density at radius 1 is 1.46 bits per heavy atom. The number of rotatable bonds is 4. The Bertz CT molecular complexity index is 717. The summed E-state index contributed by atoms with van der Waals surface area (Å²) < 4.78 is 5.49. The van der Waals surface area contributed by atoms with Gasteiger partial charge in [-0.2, -0.15) is 0 Å². The molecule has 2 unspecified atom stereocenters. The first kappa shape index (κ1) is 16.9. The molecule has 1 aliphatic rings. The highest BCUT2D eigenvalue weighted by molar-refractivity contribution is 6.30. The molecule has 1 aromatic heterocycles. The van der Waals surface area contributed by atoms with E-state index < -0.39 is 0 Å². The summed E-state index contributed by atoms with van der Waals surface area (Å²) in [4.78, 5) is 16.7. The summed E-state index contributed by atoms with van der Waals surface area (Å²) in [6.45, 7) is 2.66. The lowest BCUT2D eigenvalue weighted by Crippen LogP contribution is -2.45. The fourth-order valence-corrected chi connectivity index (χ4v) is 3.62.